The van der Waals surface area contributed by atoms with E-state index in [-0.39, 0.29) is 43.8 Å². The number of nitrogens with zero attached hydrogens (tertiary/aromatic N) is 6. The van der Waals surface area contributed by atoms with Gasteiger partial charge in [-0.2, -0.15) is 5.01 Å². The fourth-order valence-corrected chi connectivity index (χ4v) is 6.21. The van der Waals surface area contributed by atoms with E-state index < -0.39 is 53.0 Å². The van der Waals surface area contributed by atoms with Gasteiger partial charge in [-0.15, -0.1) is 5.10 Å². The van der Waals surface area contributed by atoms with Crippen molar-refractivity contribution in [3.63, 3.8) is 0 Å². The number of allylic oxidation sites excluding steroid dienone is 2. The zero-order chi connectivity index (χ0) is 34.1. The van der Waals surface area contributed by atoms with Gasteiger partial charge in [-0.05, 0) is 55.5 Å². The number of rotatable bonds is 6. The highest BCUT2D eigenvalue weighted by Gasteiger charge is 2.57. The Morgan fingerprint density at radius 3 is 1.94 bits per heavy atom. The van der Waals surface area contributed by atoms with Crippen LogP contribution in [0.1, 0.15) is 53.9 Å². The number of hydrogen-bond donors (Lipinski definition) is 1. The fourth-order valence-electron chi connectivity index (χ4n) is 5.94. The van der Waals surface area contributed by atoms with Gasteiger partial charge in [0.2, 0.25) is 5.79 Å². The van der Waals surface area contributed by atoms with Crippen LogP contribution in [0, 0.1) is 0 Å². The monoisotopic (exact) mass is 681 g/mol. The molecule has 1 N–H and O–H groups in total. The lowest BCUT2D eigenvalue weighted by Gasteiger charge is -2.43. The predicted octanol–water partition coefficient (Wildman–Crippen LogP) is 3.56. The van der Waals surface area contributed by atoms with Gasteiger partial charge >= 0.3 is 0 Å². The van der Waals surface area contributed by atoms with E-state index in [9.17, 15) is 28.8 Å². The highest BCUT2D eigenvalue weighted by atomic mass is 35.5. The molecule has 15 heteroatoms. The van der Waals surface area contributed by atoms with Crippen LogP contribution in [0.3, 0.4) is 0 Å². The topological polar surface area (TPSA) is 153 Å². The van der Waals surface area contributed by atoms with Crippen molar-refractivity contribution >= 4 is 64.5 Å². The van der Waals surface area contributed by atoms with Crippen molar-refractivity contribution < 1.29 is 28.8 Å². The molecule has 5 heterocycles. The molecule has 7 rings (SSSR count). The molecule has 4 aliphatic rings. The van der Waals surface area contributed by atoms with E-state index in [0.29, 0.717) is 4.90 Å². The second kappa shape index (κ2) is 11.1. The first-order valence-electron chi connectivity index (χ1n) is 14.3. The number of imide groups is 2. The van der Waals surface area contributed by atoms with Gasteiger partial charge in [-0.25, -0.2) is 9.88 Å². The summed E-state index contributed by atoms with van der Waals surface area (Å²) < 4.78 is 0. The van der Waals surface area contributed by atoms with Crippen LogP contribution >= 0.6 is 23.2 Å². The molecule has 0 saturated carbocycles. The van der Waals surface area contributed by atoms with Crippen molar-refractivity contribution in [1.82, 2.24) is 30.0 Å². The lowest BCUT2D eigenvalue weighted by molar-refractivity contribution is -0.150. The van der Waals surface area contributed by atoms with Crippen molar-refractivity contribution in [3.05, 3.63) is 135 Å². The molecule has 13 nitrogen and oxygen atoms in total. The molecule has 2 aromatic carbocycles. The van der Waals surface area contributed by atoms with Crippen LogP contribution < -0.4 is 5.32 Å². The molecule has 0 saturated heterocycles. The molecular weight excluding hydrogens is 661 g/mol. The minimum absolute atomic E-state index is 0.0826. The van der Waals surface area contributed by atoms with Crippen LogP contribution in [0.4, 0.5) is 0 Å². The third kappa shape index (κ3) is 4.39. The first-order chi connectivity index (χ1) is 23.0. The first kappa shape index (κ1) is 30.7. The molecule has 3 aromatic rings. The van der Waals surface area contributed by atoms with Gasteiger partial charge in [0, 0.05) is 18.0 Å². The van der Waals surface area contributed by atoms with E-state index in [1.54, 1.807) is 24.3 Å². The molecule has 0 spiro atoms. The molecule has 2 atom stereocenters. The normalized spacial score (nSPS) is 20.0. The van der Waals surface area contributed by atoms with Gasteiger partial charge in [-0.1, -0.05) is 54.0 Å². The maximum Gasteiger partial charge on any atom is 0.271 e. The molecule has 2 unspecified atom stereocenters. The zero-order valence-electron chi connectivity index (χ0n) is 24.8. The summed E-state index contributed by atoms with van der Waals surface area (Å²) in [6.07, 6.45) is 5.65. The maximum atomic E-state index is 14.5. The summed E-state index contributed by atoms with van der Waals surface area (Å²) in [6, 6.07) is 13.6. The van der Waals surface area contributed by atoms with E-state index in [2.05, 4.69) is 22.0 Å². The summed E-state index contributed by atoms with van der Waals surface area (Å²) >= 11 is 12.5. The second-order valence-corrected chi connectivity index (χ2v) is 11.8. The number of carbonyl (C=O) groups is 6. The summed E-state index contributed by atoms with van der Waals surface area (Å²) in [5, 5.41) is 8.37. The third-order valence-corrected chi connectivity index (χ3v) is 8.72. The van der Waals surface area contributed by atoms with Gasteiger partial charge < -0.3 is 5.32 Å². The van der Waals surface area contributed by atoms with Crippen LogP contribution in [-0.2, 0) is 15.4 Å². The number of halogens is 2. The van der Waals surface area contributed by atoms with Crippen LogP contribution in [-0.4, -0.2) is 72.0 Å². The second-order valence-electron chi connectivity index (χ2n) is 11.0. The summed E-state index contributed by atoms with van der Waals surface area (Å²) in [7, 11) is 0. The minimum Gasteiger partial charge on any atom is -0.305 e. The summed E-state index contributed by atoms with van der Waals surface area (Å²) in [5.41, 5.74) is -0.0104. The lowest BCUT2D eigenvalue weighted by Crippen LogP contribution is -2.66. The van der Waals surface area contributed by atoms with Crippen molar-refractivity contribution in [2.24, 2.45) is 5.10 Å². The SMILES string of the molecule is C=C(C(=O)NC1(c2ccc(Cl)nc2)N2C=C(Cl)C=CC2=NN1C(=O)C(C)N1C(=O)c2ccccc2C1=O)N1C(=O)c2ccccc2C1=O. The Hall–Kier alpha value is -5.92. The number of pyridine rings is 1. The Balaban J connectivity index is 1.32. The summed E-state index contributed by atoms with van der Waals surface area (Å²) in [5.74, 6) is -6.89. The van der Waals surface area contributed by atoms with Gasteiger partial charge in [0.05, 0.1) is 27.3 Å². The number of amides is 6. The van der Waals surface area contributed by atoms with Crippen molar-refractivity contribution in [2.75, 3.05) is 0 Å². The van der Waals surface area contributed by atoms with E-state index >= 15 is 0 Å². The molecule has 6 amide bonds. The van der Waals surface area contributed by atoms with Crippen LogP contribution in [0.5, 0.6) is 0 Å². The molecule has 48 heavy (non-hydrogen) atoms. The van der Waals surface area contributed by atoms with E-state index in [4.69, 9.17) is 23.2 Å². The van der Waals surface area contributed by atoms with Crippen LogP contribution in [0.2, 0.25) is 5.15 Å². The largest absolute Gasteiger partial charge is 0.305 e. The number of aromatic nitrogens is 1. The van der Waals surface area contributed by atoms with Gasteiger partial charge in [0.25, 0.3) is 35.4 Å². The highest BCUT2D eigenvalue weighted by molar-refractivity contribution is 6.32. The molecule has 238 valence electrons. The Kier molecular flexibility index (Phi) is 7.11. The first-order valence-corrected chi connectivity index (χ1v) is 15.1. The van der Waals surface area contributed by atoms with E-state index in [0.717, 1.165) is 9.91 Å². The number of carbonyl (C=O) groups excluding carboxylic acids is 6. The Morgan fingerprint density at radius 2 is 1.40 bits per heavy atom. The predicted molar refractivity (Wildman–Crippen MR) is 171 cm³/mol. The van der Waals surface area contributed by atoms with Crippen molar-refractivity contribution in [1.29, 1.82) is 0 Å². The average molecular weight is 682 g/mol. The van der Waals surface area contributed by atoms with E-state index in [1.165, 1.54) is 72.8 Å². The maximum absolute atomic E-state index is 14.5. The number of nitrogens with one attached hydrogen (secondary N) is 1. The molecule has 4 aliphatic heterocycles. The molecule has 0 aliphatic carbocycles. The number of hydrogen-bond acceptors (Lipinski definition) is 9. The van der Waals surface area contributed by atoms with Gasteiger partial charge in [0.1, 0.15) is 16.9 Å². The van der Waals surface area contributed by atoms with E-state index in [1.807, 2.05) is 0 Å². The molecule has 0 fully saturated rings. The smallest absolute Gasteiger partial charge is 0.271 e. The van der Waals surface area contributed by atoms with Crippen LogP contribution in [0.15, 0.2) is 108 Å². The Labute approximate surface area is 282 Å². The quantitative estimate of drug-likeness (QED) is 0.236. The van der Waals surface area contributed by atoms with Crippen molar-refractivity contribution in [3.8, 4) is 0 Å². The number of fused-ring (bicyclic) bond motifs is 3. The minimum atomic E-state index is -2.14. The zero-order valence-corrected chi connectivity index (χ0v) is 26.3. The molecule has 0 radical (unpaired) electrons. The molecule has 1 aromatic heterocycles. The molecule has 0 bridgehead atoms. The van der Waals surface area contributed by atoms with Crippen molar-refractivity contribution in [2.45, 2.75) is 18.8 Å². The lowest BCUT2D eigenvalue weighted by atomic mass is 10.0. The highest BCUT2D eigenvalue weighted by Crippen LogP contribution is 2.41. The summed E-state index contributed by atoms with van der Waals surface area (Å²) in [6.45, 7) is 5.11. The standard InChI is InChI=1S/C33H21Cl2N7O6/c1-17(40-29(45)21-7-3-4-8-22(21)30(40)46)27(43)37-33(19-11-13-25(35)36-15-19)39-16-20(34)12-14-26(39)38-42(33)28(44)18(2)41-31(47)23-9-5-6-10-24(23)32(41)48/h3-16,18H,1H2,2H3,(H,37,43). The summed E-state index contributed by atoms with van der Waals surface area (Å²) in [4.78, 5) is 88.9. The number of benzene rings is 2. The fraction of sp³-hybridized carbons (Fsp3) is 0.0909. The van der Waals surface area contributed by atoms with Gasteiger partial charge in [0.15, 0.2) is 5.84 Å². The Morgan fingerprint density at radius 1 is 0.833 bits per heavy atom. The number of amidine groups is 1. The van der Waals surface area contributed by atoms with Crippen LogP contribution in [0.25, 0.3) is 0 Å². The average Bonchev–Trinajstić information content (AvgIpc) is 3.64. The third-order valence-electron chi connectivity index (χ3n) is 8.27. The number of hydrazone groups is 1. The van der Waals surface area contributed by atoms with Gasteiger partial charge in [-0.3, -0.25) is 38.6 Å². The Bertz CT molecular complexity index is 2060. The molecular formula is C33H21Cl2N7O6.